The predicted octanol–water partition coefficient (Wildman–Crippen LogP) is 2.44. The van der Waals surface area contributed by atoms with Gasteiger partial charge in [-0.3, -0.25) is 4.68 Å². The van der Waals surface area contributed by atoms with Gasteiger partial charge in [0.25, 0.3) is 0 Å². The Bertz CT molecular complexity index is 919. The molecular weight excluding hydrogens is 318 g/mol. The Hall–Kier alpha value is -2.93. The van der Waals surface area contributed by atoms with Gasteiger partial charge in [-0.05, 0) is 31.0 Å². The smallest absolute Gasteiger partial charge is 0.319 e. The number of rotatable bonds is 4. The lowest BCUT2D eigenvalue weighted by atomic mass is 10.0. The summed E-state index contributed by atoms with van der Waals surface area (Å²) < 4.78 is 1.70. The third-order valence-electron chi connectivity index (χ3n) is 4.12. The van der Waals surface area contributed by atoms with Crippen LogP contribution in [0.2, 0.25) is 0 Å². The lowest BCUT2D eigenvalue weighted by Gasteiger charge is -2.15. The maximum absolute atomic E-state index is 12.1. The molecule has 0 saturated carbocycles. The average Bonchev–Trinajstić information content (AvgIpc) is 2.87. The van der Waals surface area contributed by atoms with Crippen molar-refractivity contribution in [1.29, 1.82) is 0 Å². The summed E-state index contributed by atoms with van der Waals surface area (Å²) in [6.07, 6.45) is 0.828. The molecule has 3 N–H and O–H groups in total. The predicted molar refractivity (Wildman–Crippen MR) is 96.4 cm³/mol. The summed E-state index contributed by atoms with van der Waals surface area (Å²) in [4.78, 5) is 16.4. The number of amides is 2. The van der Waals surface area contributed by atoms with Crippen LogP contribution in [0.15, 0.2) is 36.5 Å². The van der Waals surface area contributed by atoms with E-state index in [0.29, 0.717) is 5.69 Å². The summed E-state index contributed by atoms with van der Waals surface area (Å²) in [7, 11) is 1.83. The number of urea groups is 1. The Labute approximate surface area is 145 Å². The minimum atomic E-state index is -0.756. The van der Waals surface area contributed by atoms with Crippen LogP contribution in [-0.2, 0) is 7.05 Å². The van der Waals surface area contributed by atoms with Crippen LogP contribution in [0.5, 0.6) is 0 Å². The zero-order valence-corrected chi connectivity index (χ0v) is 14.4. The number of nitrogens with one attached hydrogen (secondary N) is 2. The number of aryl methyl sites for hydroxylation is 3. The molecule has 0 spiro atoms. The number of anilines is 1. The topological polar surface area (TPSA) is 92.1 Å². The van der Waals surface area contributed by atoms with E-state index in [1.165, 1.54) is 0 Å². The molecule has 7 heteroatoms. The highest BCUT2D eigenvalue weighted by Crippen LogP contribution is 2.19. The molecule has 0 aliphatic carbocycles. The summed E-state index contributed by atoms with van der Waals surface area (Å²) in [6, 6.07) is 8.99. The highest BCUT2D eigenvalue weighted by Gasteiger charge is 2.12. The third kappa shape index (κ3) is 3.61. The molecular formula is C18H21N5O2. The molecule has 0 aliphatic heterocycles. The number of carbonyl (C=O) groups is 1. The number of pyridine rings is 1. The maximum Gasteiger partial charge on any atom is 0.319 e. The molecule has 2 amide bonds. The molecule has 2 heterocycles. The Morgan fingerprint density at radius 2 is 2.08 bits per heavy atom. The van der Waals surface area contributed by atoms with Gasteiger partial charge in [0.15, 0.2) is 5.65 Å². The minimum absolute atomic E-state index is 0.123. The van der Waals surface area contributed by atoms with E-state index in [-0.39, 0.29) is 6.54 Å². The summed E-state index contributed by atoms with van der Waals surface area (Å²) in [6.45, 7) is 3.94. The highest BCUT2D eigenvalue weighted by molar-refractivity contribution is 5.92. The Kier molecular flexibility index (Phi) is 4.67. The normalized spacial score (nSPS) is 12.2. The van der Waals surface area contributed by atoms with Crippen LogP contribution in [0.3, 0.4) is 0 Å². The van der Waals surface area contributed by atoms with Crippen LogP contribution in [0.1, 0.15) is 22.9 Å². The van der Waals surface area contributed by atoms with Gasteiger partial charge < -0.3 is 15.7 Å². The van der Waals surface area contributed by atoms with Gasteiger partial charge in [0, 0.05) is 19.0 Å². The van der Waals surface area contributed by atoms with E-state index < -0.39 is 12.1 Å². The van der Waals surface area contributed by atoms with Gasteiger partial charge in [-0.15, -0.1) is 0 Å². The Morgan fingerprint density at radius 1 is 1.32 bits per heavy atom. The molecule has 0 radical (unpaired) electrons. The molecule has 0 saturated heterocycles. The lowest BCUT2D eigenvalue weighted by molar-refractivity contribution is 0.174. The molecule has 0 fully saturated rings. The molecule has 0 bridgehead atoms. The van der Waals surface area contributed by atoms with Gasteiger partial charge in [0.1, 0.15) is 0 Å². The van der Waals surface area contributed by atoms with Crippen LogP contribution in [0.25, 0.3) is 11.0 Å². The molecule has 1 atom stereocenters. The highest BCUT2D eigenvalue weighted by atomic mass is 16.3. The molecule has 1 unspecified atom stereocenters. The molecule has 0 aliphatic rings. The van der Waals surface area contributed by atoms with E-state index in [1.54, 1.807) is 10.9 Å². The first kappa shape index (κ1) is 16.9. The van der Waals surface area contributed by atoms with Crippen LogP contribution in [0, 0.1) is 13.8 Å². The van der Waals surface area contributed by atoms with Crippen molar-refractivity contribution >= 4 is 22.8 Å². The largest absolute Gasteiger partial charge is 0.387 e. The van der Waals surface area contributed by atoms with Crippen LogP contribution >= 0.6 is 0 Å². The Morgan fingerprint density at radius 3 is 2.84 bits per heavy atom. The molecule has 130 valence electrons. The van der Waals surface area contributed by atoms with Crippen molar-refractivity contribution in [1.82, 2.24) is 20.1 Å². The van der Waals surface area contributed by atoms with Crippen molar-refractivity contribution < 1.29 is 9.90 Å². The fourth-order valence-corrected chi connectivity index (χ4v) is 2.81. The fourth-order valence-electron chi connectivity index (χ4n) is 2.81. The lowest BCUT2D eigenvalue weighted by Crippen LogP contribution is -2.32. The molecule has 1 aromatic carbocycles. The van der Waals surface area contributed by atoms with Gasteiger partial charge in [-0.1, -0.05) is 24.3 Å². The fraction of sp³-hybridized carbons (Fsp3) is 0.278. The van der Waals surface area contributed by atoms with Crippen molar-refractivity contribution in [2.45, 2.75) is 20.0 Å². The molecule has 3 aromatic rings. The number of aliphatic hydroxyl groups excluding tert-OH is 1. The van der Waals surface area contributed by atoms with Crippen molar-refractivity contribution in [2.75, 3.05) is 11.9 Å². The quantitative estimate of drug-likeness (QED) is 0.681. The summed E-state index contributed by atoms with van der Waals surface area (Å²) >= 11 is 0. The zero-order chi connectivity index (χ0) is 18.0. The first-order chi connectivity index (χ1) is 12.0. The van der Waals surface area contributed by atoms with E-state index in [2.05, 4.69) is 20.7 Å². The molecule has 3 rings (SSSR count). The zero-order valence-electron chi connectivity index (χ0n) is 14.4. The molecule has 7 nitrogen and oxygen atoms in total. The molecule has 2 aromatic heterocycles. The summed E-state index contributed by atoms with van der Waals surface area (Å²) in [5, 5.41) is 20.8. The maximum atomic E-state index is 12.1. The first-order valence-electron chi connectivity index (χ1n) is 8.03. The van der Waals surface area contributed by atoms with E-state index in [0.717, 1.165) is 27.9 Å². The van der Waals surface area contributed by atoms with Crippen LogP contribution in [-0.4, -0.2) is 32.4 Å². The van der Waals surface area contributed by atoms with E-state index >= 15 is 0 Å². The van der Waals surface area contributed by atoms with Gasteiger partial charge in [-0.2, -0.15) is 5.10 Å². The van der Waals surface area contributed by atoms with E-state index in [9.17, 15) is 9.90 Å². The number of aromatic nitrogens is 3. The second-order valence-electron chi connectivity index (χ2n) is 6.01. The van der Waals surface area contributed by atoms with Crippen molar-refractivity contribution in [3.05, 3.63) is 53.3 Å². The molecule has 25 heavy (non-hydrogen) atoms. The van der Waals surface area contributed by atoms with Gasteiger partial charge in [0.2, 0.25) is 0 Å². The van der Waals surface area contributed by atoms with E-state index in [1.807, 2.05) is 51.2 Å². The third-order valence-corrected chi connectivity index (χ3v) is 4.12. The average molecular weight is 339 g/mol. The Balaban J connectivity index is 1.63. The number of fused-ring (bicyclic) bond motifs is 1. The van der Waals surface area contributed by atoms with Crippen molar-refractivity contribution in [3.8, 4) is 0 Å². The first-order valence-corrected chi connectivity index (χ1v) is 8.03. The van der Waals surface area contributed by atoms with Gasteiger partial charge in [0.05, 0.1) is 23.7 Å². The van der Waals surface area contributed by atoms with Crippen molar-refractivity contribution in [3.63, 3.8) is 0 Å². The second-order valence-corrected chi connectivity index (χ2v) is 6.01. The van der Waals surface area contributed by atoms with Gasteiger partial charge in [-0.25, -0.2) is 9.78 Å². The number of carbonyl (C=O) groups excluding carboxylic acids is 1. The monoisotopic (exact) mass is 339 g/mol. The minimum Gasteiger partial charge on any atom is -0.387 e. The van der Waals surface area contributed by atoms with Gasteiger partial charge >= 0.3 is 6.03 Å². The second kappa shape index (κ2) is 6.90. The van der Waals surface area contributed by atoms with Crippen LogP contribution < -0.4 is 10.6 Å². The number of benzene rings is 1. The summed E-state index contributed by atoms with van der Waals surface area (Å²) in [5.41, 5.74) is 3.98. The number of hydrogen-bond acceptors (Lipinski definition) is 4. The van der Waals surface area contributed by atoms with E-state index in [4.69, 9.17) is 0 Å². The summed E-state index contributed by atoms with van der Waals surface area (Å²) in [5.74, 6) is 0. The SMILES string of the molecule is Cc1ccccc1C(O)CNC(=O)Nc1cnc2c(c1)c(C)nn2C. The number of nitrogens with zero attached hydrogens (tertiary/aromatic N) is 3. The number of aliphatic hydroxyl groups is 1. The number of hydrogen-bond donors (Lipinski definition) is 3. The van der Waals surface area contributed by atoms with Crippen molar-refractivity contribution in [2.24, 2.45) is 7.05 Å². The standard InChI is InChI=1S/C18H21N5O2/c1-11-6-4-5-7-14(11)16(24)10-20-18(25)21-13-8-15-12(2)22-23(3)17(15)19-9-13/h4-9,16,24H,10H2,1-3H3,(H2,20,21,25). The van der Waals surface area contributed by atoms with Crippen LogP contribution in [0.4, 0.5) is 10.5 Å².